The van der Waals surface area contributed by atoms with Crippen molar-refractivity contribution >= 4 is 29.1 Å². The Morgan fingerprint density at radius 2 is 1.77 bits per heavy atom. The Bertz CT molecular complexity index is 797. The fourth-order valence-electron chi connectivity index (χ4n) is 2.09. The van der Waals surface area contributed by atoms with Crippen molar-refractivity contribution in [2.75, 3.05) is 5.32 Å². The van der Waals surface area contributed by atoms with Gasteiger partial charge in [0.1, 0.15) is 11.6 Å². The van der Waals surface area contributed by atoms with E-state index in [1.165, 1.54) is 44.2 Å². The van der Waals surface area contributed by atoms with E-state index in [9.17, 15) is 22.8 Å². The Hall–Kier alpha value is -2.48. The number of rotatable bonds is 7. The molecule has 0 heterocycles. The molecule has 0 spiro atoms. The van der Waals surface area contributed by atoms with Crippen molar-refractivity contribution in [3.63, 3.8) is 0 Å². The zero-order valence-electron chi connectivity index (χ0n) is 14.0. The number of ether oxygens (including phenoxy) is 1. The van der Waals surface area contributed by atoms with Gasteiger partial charge < -0.3 is 10.1 Å². The van der Waals surface area contributed by atoms with Gasteiger partial charge in [-0.3, -0.25) is 9.59 Å². The van der Waals surface area contributed by atoms with Crippen LogP contribution in [0.3, 0.4) is 0 Å². The van der Waals surface area contributed by atoms with Crippen LogP contribution in [0.5, 0.6) is 5.75 Å². The highest BCUT2D eigenvalue weighted by atomic mass is 32.2. The van der Waals surface area contributed by atoms with Crippen LogP contribution in [0.1, 0.15) is 24.2 Å². The molecule has 4 nitrogen and oxygen atoms in total. The minimum absolute atomic E-state index is 0.0398. The van der Waals surface area contributed by atoms with Crippen LogP contribution >= 0.6 is 11.8 Å². The molecule has 26 heavy (non-hydrogen) atoms. The SMILES string of the molecule is CC(=O)c1cc(F)ccc1O[C@@H](C)C(=O)Nc1ccc(SC(F)F)cc1. The van der Waals surface area contributed by atoms with Gasteiger partial charge in [-0.2, -0.15) is 8.78 Å². The average molecular weight is 383 g/mol. The van der Waals surface area contributed by atoms with Gasteiger partial charge in [0.05, 0.1) is 5.56 Å². The fraction of sp³-hybridized carbons (Fsp3) is 0.222. The lowest BCUT2D eigenvalue weighted by Crippen LogP contribution is -2.30. The second-order valence-corrected chi connectivity index (χ2v) is 6.41. The largest absolute Gasteiger partial charge is 0.480 e. The molecule has 0 aromatic heterocycles. The number of carbonyl (C=O) groups excluding carboxylic acids is 2. The number of amides is 1. The Labute approximate surface area is 152 Å². The van der Waals surface area contributed by atoms with Gasteiger partial charge in [-0.25, -0.2) is 4.39 Å². The zero-order valence-corrected chi connectivity index (χ0v) is 14.8. The first kappa shape index (κ1) is 19.8. The highest BCUT2D eigenvalue weighted by Gasteiger charge is 2.18. The summed E-state index contributed by atoms with van der Waals surface area (Å²) in [5, 5.41) is 2.58. The molecule has 2 aromatic carbocycles. The highest BCUT2D eigenvalue weighted by molar-refractivity contribution is 7.99. The summed E-state index contributed by atoms with van der Waals surface area (Å²) in [6.07, 6.45) is -0.964. The van der Waals surface area contributed by atoms with Gasteiger partial charge in [0.2, 0.25) is 0 Å². The number of hydrogen-bond donors (Lipinski definition) is 1. The van der Waals surface area contributed by atoms with Gasteiger partial charge in [0.25, 0.3) is 11.7 Å². The Morgan fingerprint density at radius 1 is 1.12 bits per heavy atom. The first-order valence-corrected chi connectivity index (χ1v) is 8.47. The number of ketones is 1. The summed E-state index contributed by atoms with van der Waals surface area (Å²) in [5.74, 6) is -3.89. The summed E-state index contributed by atoms with van der Waals surface area (Å²) in [7, 11) is 0. The van der Waals surface area contributed by atoms with Gasteiger partial charge in [-0.05, 0) is 56.3 Å². The maximum atomic E-state index is 13.3. The topological polar surface area (TPSA) is 55.4 Å². The predicted octanol–water partition coefficient (Wildman–Crippen LogP) is 4.75. The summed E-state index contributed by atoms with van der Waals surface area (Å²) in [6, 6.07) is 9.37. The van der Waals surface area contributed by atoms with Crippen molar-refractivity contribution in [3.8, 4) is 5.75 Å². The number of Topliss-reactive ketones (excluding diaryl/α,β-unsaturated/α-hetero) is 1. The molecular weight excluding hydrogens is 367 g/mol. The molecular formula is C18H16F3NO3S. The third kappa shape index (κ3) is 5.52. The van der Waals surface area contributed by atoms with Crippen molar-refractivity contribution in [3.05, 3.63) is 53.8 Å². The molecule has 2 aromatic rings. The van der Waals surface area contributed by atoms with E-state index in [4.69, 9.17) is 4.74 Å². The summed E-state index contributed by atoms with van der Waals surface area (Å²) in [6.45, 7) is 2.75. The van der Waals surface area contributed by atoms with Crippen LogP contribution in [0.25, 0.3) is 0 Å². The second-order valence-electron chi connectivity index (χ2n) is 5.35. The maximum absolute atomic E-state index is 13.3. The van der Waals surface area contributed by atoms with Gasteiger partial charge in [-0.1, -0.05) is 11.8 Å². The van der Waals surface area contributed by atoms with Crippen LogP contribution < -0.4 is 10.1 Å². The van der Waals surface area contributed by atoms with Crippen molar-refractivity contribution in [2.24, 2.45) is 0 Å². The minimum atomic E-state index is -2.52. The van der Waals surface area contributed by atoms with Crippen LogP contribution in [-0.2, 0) is 4.79 Å². The fourth-order valence-corrected chi connectivity index (χ4v) is 2.59. The third-order valence-corrected chi connectivity index (χ3v) is 4.06. The maximum Gasteiger partial charge on any atom is 0.288 e. The predicted molar refractivity (Wildman–Crippen MR) is 93.4 cm³/mol. The first-order chi connectivity index (χ1) is 12.3. The number of thioether (sulfide) groups is 1. The van der Waals surface area contributed by atoms with Crippen LogP contribution in [0.15, 0.2) is 47.4 Å². The van der Waals surface area contributed by atoms with Crippen LogP contribution in [0.2, 0.25) is 0 Å². The standard InChI is InChI=1S/C18H16F3NO3S/c1-10(23)15-9-12(19)3-8-16(15)25-11(2)17(24)22-13-4-6-14(7-5-13)26-18(20)21/h3-9,11,18H,1-2H3,(H,22,24)/t11-/m0/s1. The summed E-state index contributed by atoms with van der Waals surface area (Å²) in [5.41, 5.74) is 0.452. The summed E-state index contributed by atoms with van der Waals surface area (Å²) in [4.78, 5) is 24.1. The molecule has 8 heteroatoms. The normalized spacial score (nSPS) is 11.9. The molecule has 0 bridgehead atoms. The van der Waals surface area contributed by atoms with Crippen molar-refractivity contribution in [1.82, 2.24) is 0 Å². The number of benzene rings is 2. The number of anilines is 1. The number of halogens is 3. The van der Waals surface area contributed by atoms with Crippen molar-refractivity contribution in [2.45, 2.75) is 30.6 Å². The van der Waals surface area contributed by atoms with Crippen LogP contribution in [0.4, 0.5) is 18.9 Å². The molecule has 1 amide bonds. The molecule has 2 rings (SSSR count). The number of carbonyl (C=O) groups is 2. The van der Waals surface area contributed by atoms with E-state index in [1.807, 2.05) is 0 Å². The molecule has 0 unspecified atom stereocenters. The minimum Gasteiger partial charge on any atom is -0.480 e. The Morgan fingerprint density at radius 3 is 2.35 bits per heavy atom. The number of hydrogen-bond acceptors (Lipinski definition) is 4. The molecule has 0 aliphatic rings. The lowest BCUT2D eigenvalue weighted by Gasteiger charge is -2.16. The molecule has 1 atom stereocenters. The van der Waals surface area contributed by atoms with Gasteiger partial charge in [-0.15, -0.1) is 0 Å². The van der Waals surface area contributed by atoms with E-state index in [2.05, 4.69) is 5.32 Å². The van der Waals surface area contributed by atoms with Gasteiger partial charge in [0.15, 0.2) is 11.9 Å². The van der Waals surface area contributed by atoms with E-state index in [-0.39, 0.29) is 17.1 Å². The molecule has 0 aliphatic heterocycles. The summed E-state index contributed by atoms with van der Waals surface area (Å²) < 4.78 is 43.3. The van der Waals surface area contributed by atoms with Gasteiger partial charge >= 0.3 is 0 Å². The van der Waals surface area contributed by atoms with E-state index in [0.717, 1.165) is 12.1 Å². The molecule has 0 aliphatic carbocycles. The highest BCUT2D eigenvalue weighted by Crippen LogP contribution is 2.26. The Kier molecular flexibility index (Phi) is 6.68. The van der Waals surface area contributed by atoms with Gasteiger partial charge in [0, 0.05) is 10.6 Å². The molecule has 1 N–H and O–H groups in total. The number of nitrogens with one attached hydrogen (secondary N) is 1. The first-order valence-electron chi connectivity index (χ1n) is 7.59. The molecule has 138 valence electrons. The summed E-state index contributed by atoms with van der Waals surface area (Å²) >= 11 is 0.406. The Balaban J connectivity index is 2.03. The lowest BCUT2D eigenvalue weighted by molar-refractivity contribution is -0.122. The van der Waals surface area contributed by atoms with Crippen LogP contribution in [0, 0.1) is 5.82 Å². The molecule has 0 saturated carbocycles. The van der Waals surface area contributed by atoms with E-state index >= 15 is 0 Å². The number of alkyl halides is 2. The average Bonchev–Trinajstić information content (AvgIpc) is 2.57. The molecule has 0 fully saturated rings. The van der Waals surface area contributed by atoms with E-state index in [0.29, 0.717) is 22.3 Å². The monoisotopic (exact) mass is 383 g/mol. The van der Waals surface area contributed by atoms with Crippen LogP contribution in [-0.4, -0.2) is 23.6 Å². The zero-order chi connectivity index (χ0) is 19.3. The van der Waals surface area contributed by atoms with E-state index in [1.54, 1.807) is 0 Å². The smallest absolute Gasteiger partial charge is 0.288 e. The lowest BCUT2D eigenvalue weighted by atomic mass is 10.1. The third-order valence-electron chi connectivity index (χ3n) is 3.34. The van der Waals surface area contributed by atoms with E-state index < -0.39 is 23.6 Å². The molecule has 0 saturated heterocycles. The van der Waals surface area contributed by atoms with Crippen molar-refractivity contribution in [1.29, 1.82) is 0 Å². The van der Waals surface area contributed by atoms with Crippen molar-refractivity contribution < 1.29 is 27.5 Å². The second kappa shape index (κ2) is 8.75. The quantitative estimate of drug-likeness (QED) is 0.554. The molecule has 0 radical (unpaired) electrons.